The number of hydrogen-bond donors (Lipinski definition) is 2. The topological polar surface area (TPSA) is 119 Å². The normalized spacial score (nSPS) is 20.6. The molecule has 0 aromatic carbocycles. The fourth-order valence-corrected chi connectivity index (χ4v) is 4.24. The van der Waals surface area contributed by atoms with Gasteiger partial charge in [0, 0.05) is 37.2 Å². The number of halogens is 1. The molecule has 0 aliphatic carbocycles. The highest BCUT2D eigenvalue weighted by atomic mass is 35.5. The van der Waals surface area contributed by atoms with Crippen LogP contribution in [0.4, 0.5) is 0 Å². The predicted octanol–water partition coefficient (Wildman–Crippen LogP) is 2.25. The zero-order valence-corrected chi connectivity index (χ0v) is 19.6. The van der Waals surface area contributed by atoms with E-state index < -0.39 is 5.79 Å². The monoisotopic (exact) mass is 477 g/mol. The number of carbonyl (C=O) groups excluding carboxylic acids is 2. The number of likely N-dealkylation sites (tertiary alicyclic amines) is 1. The third-order valence-corrected chi connectivity index (χ3v) is 6.15. The zero-order valence-electron chi connectivity index (χ0n) is 18.9. The van der Waals surface area contributed by atoms with Crippen LogP contribution in [0.2, 0.25) is 5.02 Å². The molecule has 2 aromatic rings. The maximum atomic E-state index is 12.9. The molecule has 10 nitrogen and oxygen atoms in total. The van der Waals surface area contributed by atoms with Crippen LogP contribution >= 0.6 is 11.6 Å². The molecule has 33 heavy (non-hydrogen) atoms. The van der Waals surface area contributed by atoms with Gasteiger partial charge in [0.05, 0.1) is 30.6 Å². The molecule has 11 heteroatoms. The van der Waals surface area contributed by atoms with Crippen LogP contribution in [0.25, 0.3) is 11.3 Å². The van der Waals surface area contributed by atoms with E-state index in [9.17, 15) is 9.59 Å². The van der Waals surface area contributed by atoms with Gasteiger partial charge >= 0.3 is 0 Å². The van der Waals surface area contributed by atoms with E-state index in [4.69, 9.17) is 25.8 Å². The highest BCUT2D eigenvalue weighted by Crippen LogP contribution is 2.29. The Balaban J connectivity index is 1.30. The Kier molecular flexibility index (Phi) is 6.87. The number of carbonyl (C=O) groups is 2. The molecule has 0 saturated carbocycles. The van der Waals surface area contributed by atoms with Gasteiger partial charge < -0.3 is 24.4 Å². The van der Waals surface area contributed by atoms with E-state index in [1.54, 1.807) is 17.0 Å². The van der Waals surface area contributed by atoms with Gasteiger partial charge in [-0.2, -0.15) is 5.10 Å². The second-order valence-corrected chi connectivity index (χ2v) is 9.04. The zero-order chi connectivity index (χ0) is 23.6. The quantitative estimate of drug-likeness (QED) is 0.654. The number of aromatic amines is 1. The van der Waals surface area contributed by atoms with Gasteiger partial charge in [0.25, 0.3) is 5.91 Å². The first-order valence-electron chi connectivity index (χ1n) is 10.9. The maximum absolute atomic E-state index is 12.9. The maximum Gasteiger partial charge on any atom is 0.274 e. The first-order valence-corrected chi connectivity index (χ1v) is 11.3. The lowest BCUT2D eigenvalue weighted by atomic mass is 9.95. The van der Waals surface area contributed by atoms with Crippen molar-refractivity contribution in [2.75, 3.05) is 33.4 Å². The van der Waals surface area contributed by atoms with Crippen molar-refractivity contribution in [1.29, 1.82) is 0 Å². The number of piperidine rings is 1. The van der Waals surface area contributed by atoms with Gasteiger partial charge in [-0.25, -0.2) is 4.98 Å². The largest absolute Gasteiger partial charge is 0.481 e. The highest BCUT2D eigenvalue weighted by molar-refractivity contribution is 6.33. The molecule has 2 amide bonds. The second-order valence-electron chi connectivity index (χ2n) is 8.64. The number of rotatable bonds is 6. The van der Waals surface area contributed by atoms with Crippen molar-refractivity contribution in [3.8, 4) is 17.1 Å². The van der Waals surface area contributed by atoms with E-state index in [1.807, 2.05) is 13.8 Å². The number of ether oxygens (including phenoxy) is 3. The summed E-state index contributed by atoms with van der Waals surface area (Å²) < 4.78 is 16.4. The lowest BCUT2D eigenvalue weighted by molar-refractivity contribution is -0.140. The van der Waals surface area contributed by atoms with E-state index in [2.05, 4.69) is 20.5 Å². The van der Waals surface area contributed by atoms with Gasteiger partial charge in [0.1, 0.15) is 6.10 Å². The summed E-state index contributed by atoms with van der Waals surface area (Å²) in [6.07, 6.45) is 2.53. The molecule has 1 unspecified atom stereocenters. The number of nitrogens with one attached hydrogen (secondary N) is 2. The van der Waals surface area contributed by atoms with Crippen LogP contribution in [0.1, 0.15) is 37.2 Å². The average molecular weight is 478 g/mol. The Labute approximate surface area is 196 Å². The molecule has 2 saturated heterocycles. The molecule has 178 valence electrons. The molecule has 2 aliphatic heterocycles. The molecular weight excluding hydrogens is 450 g/mol. The lowest BCUT2D eigenvalue weighted by Crippen LogP contribution is -2.44. The van der Waals surface area contributed by atoms with Crippen LogP contribution in [-0.4, -0.2) is 77.1 Å². The first kappa shape index (κ1) is 23.5. The summed E-state index contributed by atoms with van der Waals surface area (Å²) in [5.41, 5.74) is 1.53. The molecule has 0 bridgehead atoms. The fourth-order valence-electron chi connectivity index (χ4n) is 4.04. The Morgan fingerprint density at radius 2 is 2.09 bits per heavy atom. The number of nitrogens with zero attached hydrogens (tertiary/aromatic N) is 3. The first-order chi connectivity index (χ1) is 15.8. The van der Waals surface area contributed by atoms with E-state index in [-0.39, 0.29) is 23.8 Å². The Morgan fingerprint density at radius 3 is 2.76 bits per heavy atom. The Hall–Kier alpha value is -2.69. The van der Waals surface area contributed by atoms with Crippen LogP contribution in [0.3, 0.4) is 0 Å². The van der Waals surface area contributed by atoms with Crippen molar-refractivity contribution in [2.45, 2.75) is 38.6 Å². The van der Waals surface area contributed by atoms with E-state index in [0.717, 1.165) is 0 Å². The van der Waals surface area contributed by atoms with Gasteiger partial charge in [0.2, 0.25) is 11.8 Å². The van der Waals surface area contributed by atoms with Gasteiger partial charge in [-0.05, 0) is 32.8 Å². The van der Waals surface area contributed by atoms with Gasteiger partial charge in [-0.15, -0.1) is 0 Å². The number of pyridine rings is 1. The van der Waals surface area contributed by atoms with Crippen molar-refractivity contribution >= 4 is 23.4 Å². The number of methoxy groups -OCH3 is 1. The summed E-state index contributed by atoms with van der Waals surface area (Å²) in [4.78, 5) is 31.3. The molecule has 1 atom stereocenters. The molecule has 0 spiro atoms. The van der Waals surface area contributed by atoms with Crippen molar-refractivity contribution in [3.63, 3.8) is 0 Å². The molecule has 4 rings (SSSR count). The van der Waals surface area contributed by atoms with Gasteiger partial charge in [0.15, 0.2) is 11.5 Å². The van der Waals surface area contributed by atoms with Crippen LogP contribution in [0.15, 0.2) is 18.3 Å². The third-order valence-electron chi connectivity index (χ3n) is 5.85. The lowest BCUT2D eigenvalue weighted by Gasteiger charge is -2.31. The second kappa shape index (κ2) is 9.66. The summed E-state index contributed by atoms with van der Waals surface area (Å²) in [5.74, 6) is -0.539. The van der Waals surface area contributed by atoms with E-state index in [1.165, 1.54) is 13.3 Å². The van der Waals surface area contributed by atoms with Crippen LogP contribution in [-0.2, 0) is 14.3 Å². The number of H-pyrrole nitrogens is 1. The van der Waals surface area contributed by atoms with E-state index in [0.29, 0.717) is 66.9 Å². The summed E-state index contributed by atoms with van der Waals surface area (Å²) in [5, 5.41) is 10.4. The molecule has 2 fully saturated rings. The molecule has 4 heterocycles. The van der Waals surface area contributed by atoms with Crippen molar-refractivity contribution in [3.05, 3.63) is 29.0 Å². The summed E-state index contributed by atoms with van der Waals surface area (Å²) in [6.45, 7) is 5.56. The van der Waals surface area contributed by atoms with Gasteiger partial charge in [-0.3, -0.25) is 14.7 Å². The van der Waals surface area contributed by atoms with Crippen molar-refractivity contribution in [2.24, 2.45) is 5.92 Å². The summed E-state index contributed by atoms with van der Waals surface area (Å²) in [6, 6.07) is 3.34. The fraction of sp³-hybridized carbons (Fsp3) is 0.545. The highest BCUT2D eigenvalue weighted by Gasteiger charge is 2.34. The van der Waals surface area contributed by atoms with Crippen LogP contribution in [0, 0.1) is 5.92 Å². The third kappa shape index (κ3) is 5.45. The van der Waals surface area contributed by atoms with Crippen LogP contribution < -0.4 is 10.1 Å². The average Bonchev–Trinajstić information content (AvgIpc) is 3.44. The minimum atomic E-state index is -0.609. The predicted molar refractivity (Wildman–Crippen MR) is 120 cm³/mol. The summed E-state index contributed by atoms with van der Waals surface area (Å²) >= 11 is 6.24. The summed E-state index contributed by atoms with van der Waals surface area (Å²) in [7, 11) is 1.52. The number of hydrogen-bond acceptors (Lipinski definition) is 7. The molecule has 2 N–H and O–H groups in total. The van der Waals surface area contributed by atoms with Crippen molar-refractivity contribution in [1.82, 2.24) is 25.4 Å². The minimum Gasteiger partial charge on any atom is -0.481 e. The van der Waals surface area contributed by atoms with Gasteiger partial charge in [-0.1, -0.05) is 11.6 Å². The molecular formula is C22H28ClN5O5. The SMILES string of the molecule is COc1cc(-c2cc(C(=O)N3CCC(C(=O)NCC4COC(C)(C)O4)CC3)n[nH]2)c(Cl)cn1. The molecule has 2 aliphatic rings. The minimum absolute atomic E-state index is 0.0151. The Bertz CT molecular complexity index is 1020. The molecule has 0 radical (unpaired) electrons. The standard InChI is InChI=1S/C22H28ClN5O5/c1-22(2)32-12-14(33-22)10-25-20(29)13-4-6-28(7-5-13)21(30)18-9-17(26-27-18)15-8-19(31-3)24-11-16(15)23/h8-9,11,13-14H,4-7,10,12H2,1-3H3,(H,25,29)(H,26,27). The van der Waals surface area contributed by atoms with E-state index >= 15 is 0 Å². The van der Waals surface area contributed by atoms with Crippen molar-refractivity contribution < 1.29 is 23.8 Å². The number of amides is 2. The number of aromatic nitrogens is 3. The van der Waals surface area contributed by atoms with Crippen LogP contribution in [0.5, 0.6) is 5.88 Å². The molecule has 2 aromatic heterocycles. The Morgan fingerprint density at radius 1 is 1.33 bits per heavy atom. The smallest absolute Gasteiger partial charge is 0.274 e.